The van der Waals surface area contributed by atoms with Crippen molar-refractivity contribution in [3.05, 3.63) is 46.0 Å². The Bertz CT molecular complexity index is 722. The molecular formula is C18H27N4S+. The van der Waals surface area contributed by atoms with E-state index in [1.54, 1.807) is 0 Å². The molecule has 0 saturated heterocycles. The van der Waals surface area contributed by atoms with Gasteiger partial charge in [0.15, 0.2) is 6.67 Å². The summed E-state index contributed by atoms with van der Waals surface area (Å²) in [6.45, 7) is 8.31. The minimum atomic E-state index is 0.585. The number of aromatic nitrogens is 3. The van der Waals surface area contributed by atoms with Crippen molar-refractivity contribution in [2.75, 3.05) is 7.05 Å². The molecule has 4 nitrogen and oxygen atoms in total. The molecule has 1 fully saturated rings. The highest BCUT2D eigenvalue weighted by molar-refractivity contribution is 7.71. The fourth-order valence-corrected chi connectivity index (χ4v) is 3.45. The number of hydrogen-bond donors (Lipinski definition) is 1. The van der Waals surface area contributed by atoms with Gasteiger partial charge in [0.25, 0.3) is 0 Å². The van der Waals surface area contributed by atoms with E-state index >= 15 is 0 Å². The van der Waals surface area contributed by atoms with E-state index in [2.05, 4.69) is 61.8 Å². The van der Waals surface area contributed by atoms with Crippen LogP contribution in [0.5, 0.6) is 0 Å². The molecule has 0 bridgehead atoms. The van der Waals surface area contributed by atoms with Crippen LogP contribution in [0, 0.1) is 11.7 Å². The van der Waals surface area contributed by atoms with E-state index in [-0.39, 0.29) is 0 Å². The molecule has 1 N–H and O–H groups in total. The van der Waals surface area contributed by atoms with Gasteiger partial charge < -0.3 is 9.47 Å². The molecule has 1 aliphatic rings. The van der Waals surface area contributed by atoms with Gasteiger partial charge in [0, 0.05) is 11.6 Å². The lowest BCUT2D eigenvalue weighted by Gasteiger charge is -2.14. The largest absolute Gasteiger partial charge is 0.315 e. The molecule has 1 aromatic carbocycles. The van der Waals surface area contributed by atoms with Crippen molar-refractivity contribution >= 4 is 12.2 Å². The minimum Gasteiger partial charge on any atom is -0.315 e. The van der Waals surface area contributed by atoms with Crippen LogP contribution in [0.3, 0.4) is 0 Å². The monoisotopic (exact) mass is 331 g/mol. The van der Waals surface area contributed by atoms with Crippen molar-refractivity contribution < 1.29 is 4.90 Å². The van der Waals surface area contributed by atoms with Crippen LogP contribution in [0.15, 0.2) is 24.3 Å². The maximum absolute atomic E-state index is 5.61. The Morgan fingerprint density at radius 2 is 1.91 bits per heavy atom. The first-order valence-corrected chi connectivity index (χ1v) is 8.92. The average Bonchev–Trinajstić information content (AvgIpc) is 3.27. The third-order valence-corrected chi connectivity index (χ3v) is 4.93. The lowest BCUT2D eigenvalue weighted by molar-refractivity contribution is -0.917. The molecule has 0 amide bonds. The molecule has 0 radical (unpaired) electrons. The lowest BCUT2D eigenvalue weighted by Crippen LogP contribution is -3.07. The van der Waals surface area contributed by atoms with Gasteiger partial charge in [-0.1, -0.05) is 38.1 Å². The third kappa shape index (κ3) is 3.72. The average molecular weight is 332 g/mol. The number of rotatable bonds is 6. The number of nitrogens with zero attached hydrogens (tertiary/aromatic N) is 3. The van der Waals surface area contributed by atoms with Gasteiger partial charge in [-0.05, 0) is 43.5 Å². The molecule has 0 aliphatic heterocycles. The van der Waals surface area contributed by atoms with Crippen LogP contribution >= 0.6 is 12.2 Å². The van der Waals surface area contributed by atoms with Crippen LogP contribution in [0.1, 0.15) is 55.6 Å². The normalized spacial score (nSPS) is 16.0. The topological polar surface area (TPSA) is 27.2 Å². The Kier molecular flexibility index (Phi) is 4.69. The first kappa shape index (κ1) is 16.4. The first-order valence-electron chi connectivity index (χ1n) is 8.51. The Morgan fingerprint density at radius 1 is 1.26 bits per heavy atom. The van der Waals surface area contributed by atoms with Gasteiger partial charge in [0.1, 0.15) is 12.4 Å². The van der Waals surface area contributed by atoms with Gasteiger partial charge in [-0.3, -0.25) is 0 Å². The fraction of sp³-hybridized carbons (Fsp3) is 0.556. The standard InChI is InChI=1S/C18H26N4S/c1-13(2)16-7-5-15(6-8-16)11-20(4)12-21-18(23)22(14(3)19-21)17-9-10-17/h5-8,13,17H,9-12H2,1-4H3/p+1. The molecule has 1 aliphatic carbocycles. The number of quaternary nitrogens is 1. The molecule has 3 rings (SSSR count). The maximum Gasteiger partial charge on any atom is 0.203 e. The van der Waals surface area contributed by atoms with Crippen molar-refractivity contribution in [1.82, 2.24) is 14.3 Å². The van der Waals surface area contributed by atoms with Crippen LogP contribution in [-0.2, 0) is 13.2 Å². The van der Waals surface area contributed by atoms with Crippen LogP contribution in [-0.4, -0.2) is 21.4 Å². The Balaban J connectivity index is 1.66. The van der Waals surface area contributed by atoms with E-state index in [1.165, 1.54) is 28.9 Å². The Labute approximate surface area is 143 Å². The molecular weight excluding hydrogens is 304 g/mol. The number of nitrogens with one attached hydrogen (secondary N) is 1. The summed E-state index contributed by atoms with van der Waals surface area (Å²) in [6, 6.07) is 9.56. The second-order valence-electron chi connectivity index (χ2n) is 7.12. The van der Waals surface area contributed by atoms with Gasteiger partial charge in [-0.2, -0.15) is 9.78 Å². The SMILES string of the molecule is Cc1nn(C[NH+](C)Cc2ccc(C(C)C)cc2)c(=S)n1C1CC1. The summed E-state index contributed by atoms with van der Waals surface area (Å²) in [6.07, 6.45) is 2.48. The quantitative estimate of drug-likeness (QED) is 0.824. The number of benzene rings is 1. The molecule has 0 spiro atoms. The summed E-state index contributed by atoms with van der Waals surface area (Å²) >= 11 is 5.61. The second kappa shape index (κ2) is 6.57. The number of hydrogen-bond acceptors (Lipinski definition) is 2. The summed E-state index contributed by atoms with van der Waals surface area (Å²) in [5.41, 5.74) is 2.75. The lowest BCUT2D eigenvalue weighted by atomic mass is 10.0. The summed E-state index contributed by atoms with van der Waals surface area (Å²) < 4.78 is 5.08. The summed E-state index contributed by atoms with van der Waals surface area (Å²) in [5, 5.41) is 4.64. The van der Waals surface area contributed by atoms with E-state index < -0.39 is 0 Å². The smallest absolute Gasteiger partial charge is 0.203 e. The van der Waals surface area contributed by atoms with Gasteiger partial charge in [0.2, 0.25) is 4.77 Å². The van der Waals surface area contributed by atoms with Crippen molar-refractivity contribution in [3.63, 3.8) is 0 Å². The van der Waals surface area contributed by atoms with E-state index in [9.17, 15) is 0 Å². The summed E-state index contributed by atoms with van der Waals surface area (Å²) in [7, 11) is 2.20. The molecule has 1 aromatic heterocycles. The highest BCUT2D eigenvalue weighted by Crippen LogP contribution is 2.35. The molecule has 1 unspecified atom stereocenters. The van der Waals surface area contributed by atoms with Crippen molar-refractivity contribution in [3.8, 4) is 0 Å². The molecule has 1 saturated carbocycles. The minimum absolute atomic E-state index is 0.585. The molecule has 124 valence electrons. The van der Waals surface area contributed by atoms with Crippen LogP contribution in [0.2, 0.25) is 0 Å². The molecule has 1 heterocycles. The van der Waals surface area contributed by atoms with Gasteiger partial charge >= 0.3 is 0 Å². The van der Waals surface area contributed by atoms with Crippen molar-refractivity contribution in [1.29, 1.82) is 0 Å². The Hall–Kier alpha value is -1.46. The highest BCUT2D eigenvalue weighted by Gasteiger charge is 2.27. The van der Waals surface area contributed by atoms with E-state index in [4.69, 9.17) is 12.2 Å². The first-order chi connectivity index (χ1) is 11.0. The van der Waals surface area contributed by atoms with Gasteiger partial charge in [-0.15, -0.1) is 0 Å². The van der Waals surface area contributed by atoms with Crippen LogP contribution < -0.4 is 4.90 Å². The van der Waals surface area contributed by atoms with E-state index in [1.807, 2.05) is 4.68 Å². The Morgan fingerprint density at radius 3 is 2.48 bits per heavy atom. The predicted octanol–water partition coefficient (Wildman–Crippen LogP) is 2.85. The second-order valence-corrected chi connectivity index (χ2v) is 7.48. The number of aryl methyl sites for hydroxylation is 1. The molecule has 1 atom stereocenters. The zero-order chi connectivity index (χ0) is 16.6. The zero-order valence-corrected chi connectivity index (χ0v) is 15.4. The summed E-state index contributed by atoms with van der Waals surface area (Å²) in [5.74, 6) is 1.63. The van der Waals surface area contributed by atoms with Crippen molar-refractivity contribution in [2.45, 2.75) is 58.8 Å². The van der Waals surface area contributed by atoms with Crippen LogP contribution in [0.4, 0.5) is 0 Å². The van der Waals surface area contributed by atoms with Gasteiger partial charge in [0.05, 0.1) is 7.05 Å². The molecule has 23 heavy (non-hydrogen) atoms. The molecule has 5 heteroatoms. The fourth-order valence-electron chi connectivity index (χ4n) is 3.06. The van der Waals surface area contributed by atoms with E-state index in [0.29, 0.717) is 12.0 Å². The molecule has 2 aromatic rings. The van der Waals surface area contributed by atoms with Crippen LogP contribution in [0.25, 0.3) is 0 Å². The van der Waals surface area contributed by atoms with E-state index in [0.717, 1.165) is 23.8 Å². The zero-order valence-electron chi connectivity index (χ0n) is 14.5. The third-order valence-electron chi connectivity index (χ3n) is 4.52. The maximum atomic E-state index is 5.61. The predicted molar refractivity (Wildman–Crippen MR) is 95.2 cm³/mol. The van der Waals surface area contributed by atoms with Gasteiger partial charge in [-0.25, -0.2) is 0 Å². The summed E-state index contributed by atoms with van der Waals surface area (Å²) in [4.78, 5) is 1.39. The van der Waals surface area contributed by atoms with Crippen molar-refractivity contribution in [2.24, 2.45) is 0 Å². The highest BCUT2D eigenvalue weighted by atomic mass is 32.1.